The second-order valence-corrected chi connectivity index (χ2v) is 7.21. The van der Waals surface area contributed by atoms with E-state index in [1.807, 2.05) is 6.07 Å². The highest BCUT2D eigenvalue weighted by atomic mass is 16.5. The van der Waals surface area contributed by atoms with Gasteiger partial charge in [0.05, 0.1) is 7.11 Å². The number of rotatable bonds is 9. The quantitative estimate of drug-likeness (QED) is 0.755. The van der Waals surface area contributed by atoms with Gasteiger partial charge in [0, 0.05) is 19.6 Å². The molecule has 3 heteroatoms. The molecule has 21 heavy (non-hydrogen) atoms. The first kappa shape index (κ1) is 18.0. The Morgan fingerprint density at radius 2 is 2.00 bits per heavy atom. The maximum atomic E-state index is 5.28. The molecule has 0 unspecified atom stereocenters. The topological polar surface area (TPSA) is 24.5 Å². The van der Waals surface area contributed by atoms with Crippen LogP contribution in [0.5, 0.6) is 5.75 Å². The molecule has 1 aromatic rings. The third-order valence-electron chi connectivity index (χ3n) is 3.44. The number of hydrogen-bond donors (Lipinski definition) is 1. The van der Waals surface area contributed by atoms with E-state index in [0.29, 0.717) is 5.92 Å². The molecule has 1 N–H and O–H groups in total. The summed E-state index contributed by atoms with van der Waals surface area (Å²) in [4.78, 5) is 2.38. The Kier molecular flexibility index (Phi) is 7.20. The van der Waals surface area contributed by atoms with Crippen LogP contribution in [0.4, 0.5) is 0 Å². The van der Waals surface area contributed by atoms with Crippen molar-refractivity contribution in [3.63, 3.8) is 0 Å². The zero-order valence-corrected chi connectivity index (χ0v) is 14.6. The molecule has 0 aliphatic carbocycles. The maximum Gasteiger partial charge on any atom is 0.119 e. The molecule has 0 bridgehead atoms. The minimum atomic E-state index is 0.266. The molecular weight excluding hydrogens is 260 g/mol. The lowest BCUT2D eigenvalue weighted by molar-refractivity contribution is 0.197. The summed E-state index contributed by atoms with van der Waals surface area (Å²) < 4.78 is 5.28. The lowest BCUT2D eigenvalue weighted by Crippen LogP contribution is -2.39. The fraction of sp³-hybridized carbons (Fsp3) is 0.667. The van der Waals surface area contributed by atoms with Gasteiger partial charge in [-0.15, -0.1) is 0 Å². The Labute approximate surface area is 130 Å². The molecule has 0 heterocycles. The summed E-state index contributed by atoms with van der Waals surface area (Å²) >= 11 is 0. The summed E-state index contributed by atoms with van der Waals surface area (Å²) in [5, 5.41) is 3.57. The maximum absolute atomic E-state index is 5.28. The summed E-state index contributed by atoms with van der Waals surface area (Å²) in [5.74, 6) is 1.63. The third-order valence-corrected chi connectivity index (χ3v) is 3.44. The summed E-state index contributed by atoms with van der Waals surface area (Å²) in [6.07, 6.45) is 0. The van der Waals surface area contributed by atoms with Crippen molar-refractivity contribution in [2.45, 2.75) is 34.2 Å². The number of ether oxygens (including phenoxy) is 1. The van der Waals surface area contributed by atoms with E-state index in [4.69, 9.17) is 4.74 Å². The van der Waals surface area contributed by atoms with Crippen molar-refractivity contribution in [1.82, 2.24) is 10.2 Å². The molecule has 1 aromatic carbocycles. The van der Waals surface area contributed by atoms with Gasteiger partial charge in [-0.3, -0.25) is 0 Å². The molecule has 0 fully saturated rings. The van der Waals surface area contributed by atoms with Gasteiger partial charge in [-0.05, 0) is 42.6 Å². The van der Waals surface area contributed by atoms with Gasteiger partial charge >= 0.3 is 0 Å². The SMILES string of the molecule is COc1cccc(CN(C)CC(C)(C)CNCC(C)C)c1. The Morgan fingerprint density at radius 1 is 1.29 bits per heavy atom. The van der Waals surface area contributed by atoms with Crippen LogP contribution in [0.1, 0.15) is 33.3 Å². The van der Waals surface area contributed by atoms with E-state index in [1.165, 1.54) is 5.56 Å². The van der Waals surface area contributed by atoms with Gasteiger partial charge < -0.3 is 15.0 Å². The predicted octanol–water partition coefficient (Wildman–Crippen LogP) is 3.40. The van der Waals surface area contributed by atoms with Crippen molar-refractivity contribution < 1.29 is 4.74 Å². The van der Waals surface area contributed by atoms with Gasteiger partial charge in [-0.2, -0.15) is 0 Å². The number of hydrogen-bond acceptors (Lipinski definition) is 3. The zero-order valence-electron chi connectivity index (χ0n) is 14.6. The second kappa shape index (κ2) is 8.40. The highest BCUT2D eigenvalue weighted by Gasteiger charge is 2.20. The normalized spacial score (nSPS) is 12.2. The highest BCUT2D eigenvalue weighted by Crippen LogP contribution is 2.18. The molecule has 0 aromatic heterocycles. The zero-order chi connectivity index (χ0) is 15.9. The summed E-state index contributed by atoms with van der Waals surface area (Å²) in [6, 6.07) is 8.31. The molecule has 0 saturated heterocycles. The van der Waals surface area contributed by atoms with E-state index >= 15 is 0 Å². The van der Waals surface area contributed by atoms with Crippen LogP contribution < -0.4 is 10.1 Å². The summed E-state index contributed by atoms with van der Waals surface area (Å²) in [7, 11) is 3.90. The van der Waals surface area contributed by atoms with E-state index < -0.39 is 0 Å². The molecule has 120 valence electrons. The van der Waals surface area contributed by atoms with Crippen LogP contribution in [-0.2, 0) is 6.54 Å². The van der Waals surface area contributed by atoms with Crippen molar-refractivity contribution >= 4 is 0 Å². The molecule has 3 nitrogen and oxygen atoms in total. The molecule has 0 atom stereocenters. The van der Waals surface area contributed by atoms with Gasteiger partial charge in [-0.1, -0.05) is 39.8 Å². The fourth-order valence-corrected chi connectivity index (χ4v) is 2.62. The molecular formula is C18H32N2O. The van der Waals surface area contributed by atoms with Crippen LogP contribution in [0.15, 0.2) is 24.3 Å². The largest absolute Gasteiger partial charge is 0.497 e. The lowest BCUT2D eigenvalue weighted by atomic mass is 9.92. The monoisotopic (exact) mass is 292 g/mol. The van der Waals surface area contributed by atoms with Gasteiger partial charge in [0.1, 0.15) is 5.75 Å². The van der Waals surface area contributed by atoms with E-state index in [9.17, 15) is 0 Å². The van der Waals surface area contributed by atoms with Crippen LogP contribution in [-0.4, -0.2) is 38.7 Å². The van der Waals surface area contributed by atoms with Crippen molar-refractivity contribution in [2.24, 2.45) is 11.3 Å². The van der Waals surface area contributed by atoms with Crippen molar-refractivity contribution in [3.8, 4) is 5.75 Å². The first-order valence-corrected chi connectivity index (χ1v) is 7.84. The minimum absolute atomic E-state index is 0.266. The first-order valence-electron chi connectivity index (χ1n) is 7.84. The average Bonchev–Trinajstić information content (AvgIpc) is 2.37. The molecule has 0 aliphatic rings. The average molecular weight is 292 g/mol. The number of nitrogens with zero attached hydrogens (tertiary/aromatic N) is 1. The van der Waals surface area contributed by atoms with E-state index in [0.717, 1.165) is 31.9 Å². The summed E-state index contributed by atoms with van der Waals surface area (Å²) in [6.45, 7) is 13.3. The molecule has 0 amide bonds. The summed E-state index contributed by atoms with van der Waals surface area (Å²) in [5.41, 5.74) is 1.56. The van der Waals surface area contributed by atoms with Gasteiger partial charge in [0.25, 0.3) is 0 Å². The smallest absolute Gasteiger partial charge is 0.119 e. The molecule has 1 rings (SSSR count). The van der Waals surface area contributed by atoms with Gasteiger partial charge in [0.2, 0.25) is 0 Å². The van der Waals surface area contributed by atoms with Crippen LogP contribution >= 0.6 is 0 Å². The minimum Gasteiger partial charge on any atom is -0.497 e. The van der Waals surface area contributed by atoms with E-state index in [1.54, 1.807) is 7.11 Å². The third kappa shape index (κ3) is 7.49. The molecule has 0 aliphatic heterocycles. The highest BCUT2D eigenvalue weighted by molar-refractivity contribution is 5.28. The Balaban J connectivity index is 2.45. The molecule has 0 spiro atoms. The Hall–Kier alpha value is -1.06. The second-order valence-electron chi connectivity index (χ2n) is 7.21. The van der Waals surface area contributed by atoms with Crippen LogP contribution in [0.3, 0.4) is 0 Å². The van der Waals surface area contributed by atoms with E-state index in [-0.39, 0.29) is 5.41 Å². The van der Waals surface area contributed by atoms with Gasteiger partial charge in [0.15, 0.2) is 0 Å². The van der Waals surface area contributed by atoms with Crippen LogP contribution in [0.2, 0.25) is 0 Å². The van der Waals surface area contributed by atoms with Crippen molar-refractivity contribution in [3.05, 3.63) is 29.8 Å². The van der Waals surface area contributed by atoms with Crippen LogP contribution in [0.25, 0.3) is 0 Å². The van der Waals surface area contributed by atoms with E-state index in [2.05, 4.69) is 63.2 Å². The Morgan fingerprint density at radius 3 is 2.62 bits per heavy atom. The van der Waals surface area contributed by atoms with Crippen LogP contribution in [0, 0.1) is 11.3 Å². The number of methoxy groups -OCH3 is 1. The number of nitrogens with one attached hydrogen (secondary N) is 1. The number of benzene rings is 1. The lowest BCUT2D eigenvalue weighted by Gasteiger charge is -2.31. The molecule has 0 saturated carbocycles. The Bertz CT molecular complexity index is 415. The molecule has 0 radical (unpaired) electrons. The standard InChI is InChI=1S/C18H32N2O/c1-15(2)11-19-13-18(3,4)14-20(5)12-16-8-7-9-17(10-16)21-6/h7-10,15,19H,11-14H2,1-6H3. The van der Waals surface area contributed by atoms with Crippen molar-refractivity contribution in [1.29, 1.82) is 0 Å². The predicted molar refractivity (Wildman–Crippen MR) is 90.8 cm³/mol. The fourth-order valence-electron chi connectivity index (χ4n) is 2.62. The van der Waals surface area contributed by atoms with Crippen molar-refractivity contribution in [2.75, 3.05) is 33.8 Å². The van der Waals surface area contributed by atoms with Gasteiger partial charge in [-0.25, -0.2) is 0 Å². The first-order chi connectivity index (χ1) is 9.82.